The van der Waals surface area contributed by atoms with E-state index in [1.807, 2.05) is 0 Å². The molecule has 77 heavy (non-hydrogen) atoms. The molecule has 0 amide bonds. The van der Waals surface area contributed by atoms with E-state index in [2.05, 4.69) is 303 Å². The normalized spacial score (nSPS) is 12.2. The van der Waals surface area contributed by atoms with Gasteiger partial charge in [-0.15, -0.1) is 0 Å². The second-order valence-electron chi connectivity index (χ2n) is 20.3. The molecule has 0 N–H and O–H groups in total. The molecular weight excluding hydrogens is 951 g/mol. The average Bonchev–Trinajstić information content (AvgIpc) is 4.31. The minimum atomic E-state index is -2.85. The van der Waals surface area contributed by atoms with Crippen LogP contribution in [0.5, 0.6) is 0 Å². The van der Waals surface area contributed by atoms with E-state index in [1.54, 1.807) is 0 Å². The van der Waals surface area contributed by atoms with Crippen molar-refractivity contribution in [2.75, 3.05) is 0 Å². The number of aromatic nitrogens is 5. The molecule has 0 unspecified atom stereocenters. The average molecular weight is 998 g/mol. The maximum absolute atomic E-state index is 5.80. The predicted molar refractivity (Wildman–Crippen MR) is 325 cm³/mol. The summed E-state index contributed by atoms with van der Waals surface area (Å²) >= 11 is 0. The summed E-state index contributed by atoms with van der Waals surface area (Å²) in [5.74, 6) is 1.68. The zero-order valence-electron chi connectivity index (χ0n) is 41.9. The summed E-state index contributed by atoms with van der Waals surface area (Å²) in [5, 5.41) is 15.0. The molecule has 360 valence electrons. The van der Waals surface area contributed by atoms with Crippen LogP contribution in [0.4, 0.5) is 0 Å². The summed E-state index contributed by atoms with van der Waals surface area (Å²) in [6.45, 7) is 0. The molecule has 0 spiro atoms. The number of hydrogen-bond acceptors (Lipinski definition) is 1. The van der Waals surface area contributed by atoms with Crippen LogP contribution < -0.4 is 20.7 Å². The fourth-order valence-corrected chi connectivity index (χ4v) is 17.9. The smallest absolute Gasteiger partial charge is 0.179 e. The van der Waals surface area contributed by atoms with Crippen LogP contribution in [-0.4, -0.2) is 31.3 Å². The van der Waals surface area contributed by atoms with Gasteiger partial charge < -0.3 is 9.13 Å². The molecule has 0 atom stereocenters. The standard InChI is InChI=1S/C71H47N5Si/c1-4-22-50(23-5-1)77(51-24-6-2-7-25-51,52-26-8-3-9-27-52)53-41-43-68-61(47-53)59-33-14-18-36-64(59)74(68)49-45-70(75-65-37-19-12-30-56(65)57-31-13-20-38-66(57)75)72-71(46-49)76-67-39-21-15-32-58(67)60-44-48(40-42-69(60)76)73-62-34-16-10-28-54(62)55-29-11-17-35-63(55)73/h1-47H. The number of hydrogen-bond donors (Lipinski definition) is 0. The molecular formula is C71H47N5Si. The number of fused-ring (bicyclic) bond motifs is 12. The van der Waals surface area contributed by atoms with Crippen molar-refractivity contribution < 1.29 is 0 Å². The molecule has 16 aromatic rings. The zero-order chi connectivity index (χ0) is 50.6. The van der Waals surface area contributed by atoms with Crippen LogP contribution in [-0.2, 0) is 0 Å². The van der Waals surface area contributed by atoms with E-state index in [4.69, 9.17) is 4.98 Å². The molecule has 0 aliphatic carbocycles. The number of nitrogens with zero attached hydrogens (tertiary/aromatic N) is 5. The van der Waals surface area contributed by atoms with Crippen molar-refractivity contribution in [1.29, 1.82) is 0 Å². The molecule has 5 nitrogen and oxygen atoms in total. The molecule has 0 aliphatic rings. The third-order valence-corrected chi connectivity index (χ3v) is 21.1. The molecule has 0 fully saturated rings. The molecule has 5 aromatic heterocycles. The Morgan fingerprint density at radius 1 is 0.208 bits per heavy atom. The van der Waals surface area contributed by atoms with Gasteiger partial charge in [0.15, 0.2) is 8.07 Å². The molecule has 0 radical (unpaired) electrons. The third kappa shape index (κ3) is 6.37. The van der Waals surface area contributed by atoms with Crippen LogP contribution in [0.2, 0.25) is 0 Å². The van der Waals surface area contributed by atoms with E-state index in [0.29, 0.717) is 0 Å². The van der Waals surface area contributed by atoms with Crippen molar-refractivity contribution in [2.24, 2.45) is 0 Å². The first kappa shape index (κ1) is 43.4. The quantitative estimate of drug-likeness (QED) is 0.110. The predicted octanol–water partition coefficient (Wildman–Crippen LogP) is 14.8. The van der Waals surface area contributed by atoms with Gasteiger partial charge in [0.05, 0.1) is 49.8 Å². The fourth-order valence-electron chi connectivity index (χ4n) is 13.1. The molecule has 6 heteroatoms. The van der Waals surface area contributed by atoms with Crippen molar-refractivity contribution in [1.82, 2.24) is 23.3 Å². The van der Waals surface area contributed by atoms with Crippen LogP contribution in [0, 0.1) is 0 Å². The van der Waals surface area contributed by atoms with Gasteiger partial charge >= 0.3 is 0 Å². The van der Waals surface area contributed by atoms with E-state index in [0.717, 1.165) is 61.5 Å². The number of para-hydroxylation sites is 6. The van der Waals surface area contributed by atoms with Crippen molar-refractivity contribution in [2.45, 2.75) is 0 Å². The maximum Gasteiger partial charge on any atom is 0.179 e. The van der Waals surface area contributed by atoms with E-state index in [1.165, 1.54) is 69.5 Å². The Hall–Kier alpha value is -10.0. The second kappa shape index (κ2) is 17.0. The van der Waals surface area contributed by atoms with Crippen LogP contribution in [0.25, 0.3) is 110 Å². The lowest BCUT2D eigenvalue weighted by atomic mass is 10.1. The lowest BCUT2D eigenvalue weighted by Gasteiger charge is -2.34. The highest BCUT2D eigenvalue weighted by Crippen LogP contribution is 2.40. The summed E-state index contributed by atoms with van der Waals surface area (Å²) in [6.07, 6.45) is 0. The zero-order valence-corrected chi connectivity index (χ0v) is 42.9. The van der Waals surface area contributed by atoms with Crippen molar-refractivity contribution in [3.05, 3.63) is 285 Å². The Balaban J connectivity index is 0.981. The lowest BCUT2D eigenvalue weighted by Crippen LogP contribution is -2.74. The SMILES string of the molecule is c1ccc([Si](c2ccccc2)(c2ccccc2)c2ccc3c(c2)c2ccccc2n3-c2cc(-n3c4ccccc4c4ccccc43)nc(-n3c4ccccc4c4cc(-n5c6ccccc6c6ccccc65)ccc43)c2)cc1. The van der Waals surface area contributed by atoms with Gasteiger partial charge in [-0.25, -0.2) is 4.98 Å². The molecule has 5 heterocycles. The van der Waals surface area contributed by atoms with Gasteiger partial charge in [-0.2, -0.15) is 0 Å². The Labute approximate surface area is 445 Å². The van der Waals surface area contributed by atoms with Gasteiger partial charge in [-0.3, -0.25) is 9.13 Å². The third-order valence-electron chi connectivity index (χ3n) is 16.3. The number of pyridine rings is 1. The highest BCUT2D eigenvalue weighted by molar-refractivity contribution is 7.20. The van der Waals surface area contributed by atoms with Crippen LogP contribution in [0.15, 0.2) is 285 Å². The minimum Gasteiger partial charge on any atom is -0.309 e. The molecule has 16 rings (SSSR count). The number of benzene rings is 11. The van der Waals surface area contributed by atoms with Gasteiger partial charge in [0.2, 0.25) is 0 Å². The second-order valence-corrected chi connectivity index (χ2v) is 24.1. The van der Waals surface area contributed by atoms with Crippen molar-refractivity contribution >= 4 is 116 Å². The minimum absolute atomic E-state index is 0.835. The van der Waals surface area contributed by atoms with Gasteiger partial charge in [0.1, 0.15) is 11.6 Å². The summed E-state index contributed by atoms with van der Waals surface area (Å²) in [4.78, 5) is 5.80. The van der Waals surface area contributed by atoms with Crippen molar-refractivity contribution in [3.8, 4) is 23.0 Å². The van der Waals surface area contributed by atoms with Gasteiger partial charge in [-0.05, 0) is 81.4 Å². The molecule has 11 aromatic carbocycles. The summed E-state index contributed by atoms with van der Waals surface area (Å²) in [7, 11) is -2.85. The van der Waals surface area contributed by atoms with E-state index in [-0.39, 0.29) is 0 Å². The first-order chi connectivity index (χ1) is 38.2. The number of rotatable bonds is 8. The van der Waals surface area contributed by atoms with Gasteiger partial charge in [0, 0.05) is 60.9 Å². The summed E-state index contributed by atoms with van der Waals surface area (Å²) in [5.41, 5.74) is 11.2. The van der Waals surface area contributed by atoms with Crippen molar-refractivity contribution in [3.63, 3.8) is 0 Å². The largest absolute Gasteiger partial charge is 0.309 e. The maximum atomic E-state index is 5.80. The molecule has 0 bridgehead atoms. The Morgan fingerprint density at radius 3 is 0.922 bits per heavy atom. The highest BCUT2D eigenvalue weighted by Gasteiger charge is 2.41. The van der Waals surface area contributed by atoms with E-state index < -0.39 is 8.07 Å². The van der Waals surface area contributed by atoms with Crippen LogP contribution >= 0.6 is 0 Å². The topological polar surface area (TPSA) is 32.6 Å². The fraction of sp³-hybridized carbons (Fsp3) is 0. The van der Waals surface area contributed by atoms with Gasteiger partial charge in [-0.1, -0.05) is 212 Å². The summed E-state index contributed by atoms with van der Waals surface area (Å²) in [6, 6.07) is 105. The first-order valence-electron chi connectivity index (χ1n) is 26.5. The molecule has 0 saturated carbocycles. The van der Waals surface area contributed by atoms with E-state index in [9.17, 15) is 0 Å². The first-order valence-corrected chi connectivity index (χ1v) is 28.5. The molecule has 0 aliphatic heterocycles. The monoisotopic (exact) mass is 997 g/mol. The summed E-state index contributed by atoms with van der Waals surface area (Å²) < 4.78 is 9.63. The van der Waals surface area contributed by atoms with Crippen LogP contribution in [0.1, 0.15) is 0 Å². The van der Waals surface area contributed by atoms with E-state index >= 15 is 0 Å². The Morgan fingerprint density at radius 2 is 0.506 bits per heavy atom. The Bertz CT molecular complexity index is 4780. The highest BCUT2D eigenvalue weighted by atomic mass is 28.3. The van der Waals surface area contributed by atoms with Gasteiger partial charge in [0.25, 0.3) is 0 Å². The molecule has 0 saturated heterocycles. The van der Waals surface area contributed by atoms with Crippen LogP contribution in [0.3, 0.4) is 0 Å². The Kier molecular flexibility index (Phi) is 9.59. The lowest BCUT2D eigenvalue weighted by molar-refractivity contribution is 0.997.